The first kappa shape index (κ1) is 12.4. The van der Waals surface area contributed by atoms with Crippen LogP contribution in [0.3, 0.4) is 0 Å². The van der Waals surface area contributed by atoms with Crippen molar-refractivity contribution in [2.45, 2.75) is 6.04 Å². The van der Waals surface area contributed by atoms with Crippen molar-refractivity contribution in [2.24, 2.45) is 10.7 Å². The van der Waals surface area contributed by atoms with Gasteiger partial charge in [0.15, 0.2) is 0 Å². The first-order valence-corrected chi connectivity index (χ1v) is 5.66. The summed E-state index contributed by atoms with van der Waals surface area (Å²) in [7, 11) is 0. The second-order valence-electron chi connectivity index (χ2n) is 3.87. The molecule has 1 heterocycles. The van der Waals surface area contributed by atoms with Gasteiger partial charge in [0.25, 0.3) is 0 Å². The van der Waals surface area contributed by atoms with Gasteiger partial charge >= 0.3 is 6.03 Å². The largest absolute Gasteiger partial charge is 0.506 e. The molecule has 1 atom stereocenters. The average molecular weight is 266 g/mol. The van der Waals surface area contributed by atoms with Crippen LogP contribution in [0.4, 0.5) is 4.79 Å². The minimum Gasteiger partial charge on any atom is -0.506 e. The van der Waals surface area contributed by atoms with E-state index in [4.69, 9.17) is 17.3 Å². The molecule has 1 unspecified atom stereocenters. The summed E-state index contributed by atoms with van der Waals surface area (Å²) < 4.78 is 0. The number of hydrogen-bond donors (Lipinski definition) is 2. The number of phenolic OH excluding ortho intramolecular Hbond substituents is 1. The van der Waals surface area contributed by atoms with Crippen LogP contribution in [0.15, 0.2) is 35.8 Å². The van der Waals surface area contributed by atoms with Gasteiger partial charge in [0, 0.05) is 6.54 Å². The van der Waals surface area contributed by atoms with Crippen LogP contribution >= 0.6 is 11.6 Å². The van der Waals surface area contributed by atoms with E-state index in [-0.39, 0.29) is 16.6 Å². The summed E-state index contributed by atoms with van der Waals surface area (Å²) in [6, 6.07) is 3.82. The summed E-state index contributed by atoms with van der Waals surface area (Å²) in [5, 5.41) is 9.59. The summed E-state index contributed by atoms with van der Waals surface area (Å²) in [4.78, 5) is 16.8. The van der Waals surface area contributed by atoms with Gasteiger partial charge in [0.1, 0.15) is 17.6 Å². The van der Waals surface area contributed by atoms with Crippen molar-refractivity contribution in [1.29, 1.82) is 0 Å². The number of carbonyl (C=O) groups excluding carboxylic acids is 1. The van der Waals surface area contributed by atoms with Gasteiger partial charge in [-0.15, -0.1) is 6.58 Å². The highest BCUT2D eigenvalue weighted by atomic mass is 35.5. The van der Waals surface area contributed by atoms with Gasteiger partial charge in [-0.05, 0) is 17.7 Å². The second kappa shape index (κ2) is 4.70. The van der Waals surface area contributed by atoms with Crippen LogP contribution in [0, 0.1) is 0 Å². The number of halogens is 1. The molecule has 0 saturated heterocycles. The van der Waals surface area contributed by atoms with Gasteiger partial charge in [-0.3, -0.25) is 0 Å². The number of benzene rings is 1. The van der Waals surface area contributed by atoms with E-state index in [9.17, 15) is 9.90 Å². The predicted molar refractivity (Wildman–Crippen MR) is 69.8 cm³/mol. The van der Waals surface area contributed by atoms with Crippen LogP contribution in [0.25, 0.3) is 0 Å². The lowest BCUT2D eigenvalue weighted by Crippen LogP contribution is -2.33. The van der Waals surface area contributed by atoms with Crippen molar-refractivity contribution in [2.75, 3.05) is 6.54 Å². The van der Waals surface area contributed by atoms with E-state index in [0.717, 1.165) is 0 Å². The Morgan fingerprint density at radius 3 is 2.94 bits per heavy atom. The molecule has 2 amide bonds. The van der Waals surface area contributed by atoms with Crippen molar-refractivity contribution in [3.8, 4) is 5.75 Å². The fourth-order valence-corrected chi connectivity index (χ4v) is 2.06. The molecule has 0 fully saturated rings. The molecule has 1 aliphatic rings. The number of hydrogen-bond acceptors (Lipinski definition) is 3. The van der Waals surface area contributed by atoms with Crippen LogP contribution in [0.1, 0.15) is 11.6 Å². The second-order valence-corrected chi connectivity index (χ2v) is 4.28. The number of rotatable bonds is 3. The number of aliphatic imine (C=N–C) groups is 1. The third kappa shape index (κ3) is 2.04. The van der Waals surface area contributed by atoms with Crippen molar-refractivity contribution in [1.82, 2.24) is 4.90 Å². The Bertz CT molecular complexity index is 542. The fraction of sp³-hybridized carbons (Fsp3) is 0.167. The smallest absolute Gasteiger partial charge is 0.346 e. The molecule has 0 aromatic heterocycles. The van der Waals surface area contributed by atoms with Crippen LogP contribution in [-0.2, 0) is 0 Å². The quantitative estimate of drug-likeness (QED) is 0.821. The zero-order valence-electron chi connectivity index (χ0n) is 9.51. The topological polar surface area (TPSA) is 78.9 Å². The lowest BCUT2D eigenvalue weighted by Gasteiger charge is -2.23. The third-order valence-electron chi connectivity index (χ3n) is 2.68. The molecule has 1 aromatic rings. The van der Waals surface area contributed by atoms with E-state index < -0.39 is 12.1 Å². The van der Waals surface area contributed by atoms with E-state index in [2.05, 4.69) is 11.6 Å². The summed E-state index contributed by atoms with van der Waals surface area (Å²) >= 11 is 5.85. The number of phenols is 1. The molecule has 18 heavy (non-hydrogen) atoms. The molecule has 0 bridgehead atoms. The van der Waals surface area contributed by atoms with Gasteiger partial charge in [0.2, 0.25) is 0 Å². The number of urea groups is 1. The Morgan fingerprint density at radius 2 is 2.33 bits per heavy atom. The average Bonchev–Trinajstić information content (AvgIpc) is 2.59. The number of nitrogens with two attached hydrogens (primary N) is 1. The normalized spacial score (nSPS) is 18.9. The van der Waals surface area contributed by atoms with Crippen LogP contribution in [0.5, 0.6) is 5.75 Å². The van der Waals surface area contributed by atoms with Crippen molar-refractivity contribution >= 4 is 23.5 Å². The van der Waals surface area contributed by atoms with Crippen molar-refractivity contribution < 1.29 is 9.90 Å². The first-order chi connectivity index (χ1) is 8.54. The number of nitrogens with zero attached hydrogens (tertiary/aromatic N) is 2. The molecular formula is C12H12ClN3O2. The highest BCUT2D eigenvalue weighted by molar-refractivity contribution is 6.32. The van der Waals surface area contributed by atoms with Crippen LogP contribution in [0.2, 0.25) is 5.02 Å². The summed E-state index contributed by atoms with van der Waals surface area (Å²) in [5.74, 6) is 0.194. The first-order valence-electron chi connectivity index (χ1n) is 5.28. The minimum absolute atomic E-state index is 0.0180. The lowest BCUT2D eigenvalue weighted by molar-refractivity contribution is 0.213. The maximum Gasteiger partial charge on any atom is 0.346 e. The molecule has 94 valence electrons. The molecule has 5 nitrogen and oxygen atoms in total. The Balaban J connectivity index is 2.40. The lowest BCUT2D eigenvalue weighted by atomic mass is 10.1. The maximum atomic E-state index is 11.6. The van der Waals surface area contributed by atoms with Gasteiger partial charge in [-0.2, -0.15) is 4.99 Å². The zero-order chi connectivity index (χ0) is 13.3. The van der Waals surface area contributed by atoms with Gasteiger partial charge in [0.05, 0.1) is 5.02 Å². The summed E-state index contributed by atoms with van der Waals surface area (Å²) in [5.41, 5.74) is 6.46. The molecule has 1 aromatic carbocycles. The number of amides is 2. The van der Waals surface area contributed by atoms with Crippen molar-refractivity contribution in [3.63, 3.8) is 0 Å². The Labute approximate surface area is 109 Å². The molecule has 0 saturated carbocycles. The molecule has 0 aliphatic carbocycles. The molecule has 1 aliphatic heterocycles. The van der Waals surface area contributed by atoms with Gasteiger partial charge in [-0.25, -0.2) is 4.79 Å². The monoisotopic (exact) mass is 265 g/mol. The van der Waals surface area contributed by atoms with Crippen LogP contribution < -0.4 is 5.73 Å². The highest BCUT2D eigenvalue weighted by Gasteiger charge is 2.33. The molecule has 0 radical (unpaired) electrons. The highest BCUT2D eigenvalue weighted by Crippen LogP contribution is 2.31. The van der Waals surface area contributed by atoms with Gasteiger partial charge < -0.3 is 15.7 Å². The number of amidine groups is 1. The zero-order valence-corrected chi connectivity index (χ0v) is 10.3. The Morgan fingerprint density at radius 1 is 1.61 bits per heavy atom. The minimum atomic E-state index is -0.464. The van der Waals surface area contributed by atoms with Crippen molar-refractivity contribution in [3.05, 3.63) is 41.4 Å². The van der Waals surface area contributed by atoms with E-state index in [1.807, 2.05) is 0 Å². The molecular weight excluding hydrogens is 254 g/mol. The standard InChI is InChI=1S/C12H12ClN3O2/c1-2-5-16-10(11(14)15-12(16)18)7-3-4-9(17)8(13)6-7/h2-4,6,10,17H,1,5H2,(H2,14,15,18). The van der Waals surface area contributed by atoms with Crippen LogP contribution in [-0.4, -0.2) is 28.4 Å². The SMILES string of the molecule is C=CCN1C(=O)N=C(N)C1c1ccc(O)c(Cl)c1. The van der Waals surface area contributed by atoms with E-state index in [1.165, 1.54) is 11.0 Å². The summed E-state index contributed by atoms with van der Waals surface area (Å²) in [6.45, 7) is 3.93. The molecule has 0 spiro atoms. The third-order valence-corrected chi connectivity index (χ3v) is 2.98. The predicted octanol–water partition coefficient (Wildman–Crippen LogP) is 2.07. The van der Waals surface area contributed by atoms with Gasteiger partial charge in [-0.1, -0.05) is 23.7 Å². The molecule has 3 N–H and O–H groups in total. The van der Waals surface area contributed by atoms with E-state index in [1.54, 1.807) is 18.2 Å². The Kier molecular flexibility index (Phi) is 3.25. The molecule has 2 rings (SSSR count). The summed E-state index contributed by atoms with van der Waals surface area (Å²) in [6.07, 6.45) is 1.60. The maximum absolute atomic E-state index is 11.6. The number of aromatic hydroxyl groups is 1. The van der Waals surface area contributed by atoms with E-state index >= 15 is 0 Å². The Hall–Kier alpha value is -2.01. The molecule has 6 heteroatoms. The number of carbonyl (C=O) groups is 1. The van der Waals surface area contributed by atoms with E-state index in [0.29, 0.717) is 12.1 Å². The fourth-order valence-electron chi connectivity index (χ4n) is 1.87.